The van der Waals surface area contributed by atoms with E-state index < -0.39 is 0 Å². The summed E-state index contributed by atoms with van der Waals surface area (Å²) in [5.74, 6) is 2.04. The first-order valence-corrected chi connectivity index (χ1v) is 13.9. The summed E-state index contributed by atoms with van der Waals surface area (Å²) in [7, 11) is 0. The van der Waals surface area contributed by atoms with Gasteiger partial charge in [0, 0.05) is 11.1 Å². The summed E-state index contributed by atoms with van der Waals surface area (Å²) in [5, 5.41) is 3.81. The standard InChI is InChI=1S/C32H34N2O3S/c1-32(2,3)24-13-16-27-28(18-24)38-31(29(27)30(35)33-20-26-10-7-17-36-26)34-19-22-11-14-25(15-12-22)37-21-23-8-5-4-6-9-23/h4-12,14-15,17,19,24H,13,16,18,20-21H2,1-3H3,(H,33,35)/t24-/m0/s1. The molecular formula is C32H34N2O3S. The topological polar surface area (TPSA) is 63.8 Å². The van der Waals surface area contributed by atoms with Crippen LogP contribution in [0.5, 0.6) is 5.75 Å². The molecule has 1 atom stereocenters. The van der Waals surface area contributed by atoms with Crippen LogP contribution in [0.1, 0.15) is 64.9 Å². The van der Waals surface area contributed by atoms with Crippen molar-refractivity contribution in [1.29, 1.82) is 0 Å². The van der Waals surface area contributed by atoms with Crippen LogP contribution in [0.2, 0.25) is 0 Å². The maximum atomic E-state index is 13.4. The molecule has 196 valence electrons. The van der Waals surface area contributed by atoms with Gasteiger partial charge in [0.05, 0.1) is 18.4 Å². The lowest BCUT2D eigenvalue weighted by Gasteiger charge is -2.33. The second-order valence-electron chi connectivity index (χ2n) is 10.9. The Morgan fingerprint density at radius 2 is 1.89 bits per heavy atom. The van der Waals surface area contributed by atoms with E-state index in [1.807, 2.05) is 72.9 Å². The quantitative estimate of drug-likeness (QED) is 0.239. The first kappa shape index (κ1) is 26.0. The molecular weight excluding hydrogens is 492 g/mol. The van der Waals surface area contributed by atoms with E-state index in [9.17, 15) is 4.79 Å². The van der Waals surface area contributed by atoms with Gasteiger partial charge >= 0.3 is 0 Å². The molecule has 0 saturated heterocycles. The van der Waals surface area contributed by atoms with Gasteiger partial charge in [-0.1, -0.05) is 51.1 Å². The third kappa shape index (κ3) is 6.25. The summed E-state index contributed by atoms with van der Waals surface area (Å²) in [5.41, 5.74) is 4.19. The van der Waals surface area contributed by atoms with Crippen molar-refractivity contribution in [3.63, 3.8) is 0 Å². The number of nitrogens with one attached hydrogen (secondary N) is 1. The van der Waals surface area contributed by atoms with Gasteiger partial charge in [-0.25, -0.2) is 4.99 Å². The lowest BCUT2D eigenvalue weighted by atomic mass is 9.72. The zero-order chi connectivity index (χ0) is 26.5. The van der Waals surface area contributed by atoms with Crippen molar-refractivity contribution in [2.45, 2.75) is 53.2 Å². The molecule has 2 aromatic carbocycles. The number of carbonyl (C=O) groups excluding carboxylic acids is 1. The molecule has 1 aliphatic carbocycles. The number of ether oxygens (including phenoxy) is 1. The second kappa shape index (κ2) is 11.4. The van der Waals surface area contributed by atoms with Crippen molar-refractivity contribution in [2.24, 2.45) is 16.3 Å². The van der Waals surface area contributed by atoms with Gasteiger partial charge in [0.25, 0.3) is 5.91 Å². The number of benzene rings is 2. The van der Waals surface area contributed by atoms with E-state index in [1.165, 1.54) is 4.88 Å². The number of rotatable bonds is 8. The molecule has 6 heteroatoms. The molecule has 0 saturated carbocycles. The summed E-state index contributed by atoms with van der Waals surface area (Å²) in [6.45, 7) is 7.80. The molecule has 0 bridgehead atoms. The molecule has 0 unspecified atom stereocenters. The SMILES string of the molecule is CC(C)(C)[C@H]1CCc2c(sc(N=Cc3ccc(OCc4ccccc4)cc3)c2C(=O)NCc2ccco2)C1. The molecule has 5 nitrogen and oxygen atoms in total. The third-order valence-electron chi connectivity index (χ3n) is 7.16. The Hall–Kier alpha value is -3.64. The lowest BCUT2D eigenvalue weighted by Crippen LogP contribution is -2.28. The van der Waals surface area contributed by atoms with Crippen molar-refractivity contribution in [1.82, 2.24) is 5.32 Å². The van der Waals surface area contributed by atoms with Crippen LogP contribution >= 0.6 is 11.3 Å². The van der Waals surface area contributed by atoms with Crippen molar-refractivity contribution < 1.29 is 13.9 Å². The number of hydrogen-bond donors (Lipinski definition) is 1. The van der Waals surface area contributed by atoms with Crippen LogP contribution in [-0.4, -0.2) is 12.1 Å². The molecule has 1 aliphatic rings. The van der Waals surface area contributed by atoms with Crippen LogP contribution in [0.15, 0.2) is 82.4 Å². The fourth-order valence-corrected chi connectivity index (χ4v) is 6.10. The fourth-order valence-electron chi connectivity index (χ4n) is 4.83. The van der Waals surface area contributed by atoms with Crippen molar-refractivity contribution in [2.75, 3.05) is 0 Å². The lowest BCUT2D eigenvalue weighted by molar-refractivity contribution is 0.0947. The average Bonchev–Trinajstić information content (AvgIpc) is 3.57. The van der Waals surface area contributed by atoms with Gasteiger partial charge in [-0.15, -0.1) is 11.3 Å². The number of hydrogen-bond acceptors (Lipinski definition) is 5. The first-order valence-electron chi connectivity index (χ1n) is 13.1. The van der Waals surface area contributed by atoms with E-state index in [0.29, 0.717) is 24.6 Å². The smallest absolute Gasteiger partial charge is 0.255 e. The molecule has 0 radical (unpaired) electrons. The van der Waals surface area contributed by atoms with Crippen molar-refractivity contribution >= 4 is 28.5 Å². The number of aliphatic imine (C=N–C) groups is 1. The molecule has 0 fully saturated rings. The molecule has 2 heterocycles. The summed E-state index contributed by atoms with van der Waals surface area (Å²) >= 11 is 1.65. The number of amides is 1. The zero-order valence-electron chi connectivity index (χ0n) is 22.2. The van der Waals surface area contributed by atoms with E-state index in [0.717, 1.165) is 52.5 Å². The molecule has 0 aliphatic heterocycles. The first-order chi connectivity index (χ1) is 18.4. The minimum atomic E-state index is -0.0927. The Balaban J connectivity index is 1.34. The number of nitrogens with zero attached hydrogens (tertiary/aromatic N) is 1. The van der Waals surface area contributed by atoms with Crippen LogP contribution in [-0.2, 0) is 26.0 Å². The highest BCUT2D eigenvalue weighted by molar-refractivity contribution is 7.16. The van der Waals surface area contributed by atoms with Gasteiger partial charge < -0.3 is 14.5 Å². The van der Waals surface area contributed by atoms with Gasteiger partial charge in [-0.05, 0) is 83.7 Å². The zero-order valence-corrected chi connectivity index (χ0v) is 23.0. The fraction of sp³-hybridized carbons (Fsp3) is 0.312. The predicted molar refractivity (Wildman–Crippen MR) is 154 cm³/mol. The maximum absolute atomic E-state index is 13.4. The minimum Gasteiger partial charge on any atom is -0.489 e. The number of fused-ring (bicyclic) bond motifs is 1. The van der Waals surface area contributed by atoms with Gasteiger partial charge in [-0.2, -0.15) is 0 Å². The molecule has 0 spiro atoms. The summed E-state index contributed by atoms with van der Waals surface area (Å²) in [4.78, 5) is 19.5. The Morgan fingerprint density at radius 1 is 1.11 bits per heavy atom. The van der Waals surface area contributed by atoms with Gasteiger partial charge in [0.1, 0.15) is 23.1 Å². The highest BCUT2D eigenvalue weighted by atomic mass is 32.1. The van der Waals surface area contributed by atoms with E-state index in [1.54, 1.807) is 17.6 Å². The van der Waals surface area contributed by atoms with E-state index in [-0.39, 0.29) is 11.3 Å². The predicted octanol–water partition coefficient (Wildman–Crippen LogP) is 7.75. The number of thiophene rings is 1. The van der Waals surface area contributed by atoms with Crippen LogP contribution < -0.4 is 10.1 Å². The molecule has 4 aromatic rings. The monoisotopic (exact) mass is 526 g/mol. The van der Waals surface area contributed by atoms with Crippen LogP contribution in [0.3, 0.4) is 0 Å². The summed E-state index contributed by atoms with van der Waals surface area (Å²) in [6, 6.07) is 21.7. The number of furan rings is 1. The van der Waals surface area contributed by atoms with Gasteiger partial charge in [0.15, 0.2) is 0 Å². The molecule has 2 aromatic heterocycles. The highest BCUT2D eigenvalue weighted by Crippen LogP contribution is 2.45. The Labute approximate surface area is 228 Å². The number of carbonyl (C=O) groups is 1. The average molecular weight is 527 g/mol. The normalized spacial score (nSPS) is 15.4. The van der Waals surface area contributed by atoms with Crippen LogP contribution in [0, 0.1) is 11.3 Å². The second-order valence-corrected chi connectivity index (χ2v) is 11.9. The summed E-state index contributed by atoms with van der Waals surface area (Å²) in [6.07, 6.45) is 6.43. The molecule has 5 rings (SSSR count). The summed E-state index contributed by atoms with van der Waals surface area (Å²) < 4.78 is 11.3. The van der Waals surface area contributed by atoms with E-state index in [2.05, 4.69) is 26.1 Å². The molecule has 1 amide bonds. The van der Waals surface area contributed by atoms with Gasteiger partial charge in [-0.3, -0.25) is 4.79 Å². The third-order valence-corrected chi connectivity index (χ3v) is 8.32. The Kier molecular flexibility index (Phi) is 7.79. The molecule has 38 heavy (non-hydrogen) atoms. The van der Waals surface area contributed by atoms with Gasteiger partial charge in [0.2, 0.25) is 0 Å². The van der Waals surface area contributed by atoms with Crippen molar-refractivity contribution in [3.05, 3.63) is 106 Å². The van der Waals surface area contributed by atoms with E-state index >= 15 is 0 Å². The largest absolute Gasteiger partial charge is 0.489 e. The Morgan fingerprint density at radius 3 is 2.61 bits per heavy atom. The van der Waals surface area contributed by atoms with Crippen molar-refractivity contribution in [3.8, 4) is 5.75 Å². The minimum absolute atomic E-state index is 0.0927. The van der Waals surface area contributed by atoms with Crippen LogP contribution in [0.25, 0.3) is 0 Å². The maximum Gasteiger partial charge on any atom is 0.255 e. The van der Waals surface area contributed by atoms with Crippen LogP contribution in [0.4, 0.5) is 5.00 Å². The Bertz CT molecular complexity index is 1380. The highest BCUT2D eigenvalue weighted by Gasteiger charge is 2.33. The van der Waals surface area contributed by atoms with E-state index in [4.69, 9.17) is 14.1 Å². The molecule has 1 N–H and O–H groups in total.